The van der Waals surface area contributed by atoms with Crippen molar-refractivity contribution in [3.05, 3.63) is 12.7 Å². The predicted octanol–water partition coefficient (Wildman–Crippen LogP) is 4.20. The highest BCUT2D eigenvalue weighted by molar-refractivity contribution is 6.38. The number of amides is 6. The molecule has 0 aromatic heterocycles. The Bertz CT molecular complexity index is 1350. The van der Waals surface area contributed by atoms with E-state index in [9.17, 15) is 28.8 Å². The van der Waals surface area contributed by atoms with Crippen molar-refractivity contribution >= 4 is 35.6 Å². The van der Waals surface area contributed by atoms with Gasteiger partial charge in [0.2, 0.25) is 17.6 Å². The van der Waals surface area contributed by atoms with Crippen LogP contribution in [-0.2, 0) is 23.9 Å². The lowest BCUT2D eigenvalue weighted by molar-refractivity contribution is -0.146. The van der Waals surface area contributed by atoms with E-state index in [1.54, 1.807) is 4.90 Å². The minimum absolute atomic E-state index is 0.0420. The third kappa shape index (κ3) is 10.1. The number of rotatable bonds is 17. The number of nitrogens with one attached hydrogen (secondary N) is 5. The molecular weight excluding hydrogens is 664 g/mol. The maximum absolute atomic E-state index is 14.8. The molecule has 3 aliphatic carbocycles. The highest BCUT2D eigenvalue weighted by Crippen LogP contribution is 2.65. The first kappa shape index (κ1) is 41.1. The predicted molar refractivity (Wildman–Crippen MR) is 198 cm³/mol. The number of piperidine rings is 1. The third-order valence-corrected chi connectivity index (χ3v) is 12.0. The molecule has 1 saturated heterocycles. The maximum atomic E-state index is 14.8. The number of unbranched alkanes of at least 4 members (excludes halogenated alkanes) is 1. The third-order valence-electron chi connectivity index (χ3n) is 12.0. The van der Waals surface area contributed by atoms with Crippen molar-refractivity contribution in [2.24, 2.45) is 34.0 Å². The first-order chi connectivity index (χ1) is 24.4. The van der Waals surface area contributed by atoms with Crippen LogP contribution in [0.2, 0.25) is 0 Å². The van der Waals surface area contributed by atoms with Crippen LogP contribution in [0.3, 0.4) is 0 Å². The van der Waals surface area contributed by atoms with Gasteiger partial charge in [-0.1, -0.05) is 86.6 Å². The van der Waals surface area contributed by atoms with Gasteiger partial charge in [0.05, 0.1) is 12.1 Å². The van der Waals surface area contributed by atoms with Crippen LogP contribution in [0.4, 0.5) is 9.59 Å². The molecule has 4 rings (SSSR count). The summed E-state index contributed by atoms with van der Waals surface area (Å²) in [5, 5.41) is 14.2. The lowest BCUT2D eigenvalue weighted by Gasteiger charge is -2.43. The Balaban J connectivity index is 1.53. The van der Waals surface area contributed by atoms with E-state index in [-0.39, 0.29) is 36.3 Å². The molecule has 13 nitrogen and oxygen atoms in total. The van der Waals surface area contributed by atoms with Gasteiger partial charge in [0.15, 0.2) is 0 Å². The summed E-state index contributed by atoms with van der Waals surface area (Å²) in [7, 11) is 0. The van der Waals surface area contributed by atoms with Gasteiger partial charge in [0.25, 0.3) is 5.91 Å². The minimum atomic E-state index is -1.03. The minimum Gasteiger partial charge on any atom is -0.447 e. The SMILES string of the molecule is C=CCNC(=O)C(=O)C(CCCC)NC(=O)[C@@H]1C2C(CN1C(=O)[C@@H](NC(=O)N[C@H](COC(=O)NCC1CC1)C(C)(C)C)C1(C)CCCCC1)C2(C)C. The summed E-state index contributed by atoms with van der Waals surface area (Å²) < 4.78 is 5.50. The van der Waals surface area contributed by atoms with Crippen LogP contribution in [0.25, 0.3) is 0 Å². The van der Waals surface area contributed by atoms with Crippen molar-refractivity contribution < 1.29 is 33.5 Å². The number of alkyl carbamates (subject to hydrolysis) is 1. The quantitative estimate of drug-likeness (QED) is 0.110. The van der Waals surface area contributed by atoms with E-state index in [1.807, 2.05) is 34.6 Å². The van der Waals surface area contributed by atoms with E-state index in [0.717, 1.165) is 51.4 Å². The lowest BCUT2D eigenvalue weighted by atomic mass is 9.70. The molecule has 3 unspecified atom stereocenters. The maximum Gasteiger partial charge on any atom is 0.407 e. The van der Waals surface area contributed by atoms with Crippen LogP contribution in [-0.4, -0.2) is 90.9 Å². The second-order valence-corrected chi connectivity index (χ2v) is 17.6. The Morgan fingerprint density at radius 1 is 0.962 bits per heavy atom. The fourth-order valence-corrected chi connectivity index (χ4v) is 8.10. The lowest BCUT2D eigenvalue weighted by Crippen LogP contribution is -2.63. The number of carbonyl (C=O) groups is 6. The van der Waals surface area contributed by atoms with Crippen LogP contribution in [0.15, 0.2) is 12.7 Å². The number of Topliss-reactive ketones (excluding diaryl/α,β-unsaturated/α-hetero) is 1. The van der Waals surface area contributed by atoms with Gasteiger partial charge in [-0.3, -0.25) is 19.2 Å². The zero-order valence-corrected chi connectivity index (χ0v) is 32.5. The van der Waals surface area contributed by atoms with Crippen molar-refractivity contribution in [1.29, 1.82) is 0 Å². The molecule has 52 heavy (non-hydrogen) atoms. The first-order valence-corrected chi connectivity index (χ1v) is 19.5. The molecule has 292 valence electrons. The molecular formula is C39H64N6O7. The van der Waals surface area contributed by atoms with Crippen molar-refractivity contribution in [2.45, 2.75) is 137 Å². The van der Waals surface area contributed by atoms with Gasteiger partial charge in [0.1, 0.15) is 18.7 Å². The van der Waals surface area contributed by atoms with Crippen LogP contribution >= 0.6 is 0 Å². The Hall–Kier alpha value is -3.64. The molecule has 3 saturated carbocycles. The van der Waals surface area contributed by atoms with Crippen molar-refractivity contribution in [1.82, 2.24) is 31.5 Å². The fraction of sp³-hybridized carbons (Fsp3) is 0.795. The number of fused-ring (bicyclic) bond motifs is 1. The summed E-state index contributed by atoms with van der Waals surface area (Å²) in [6.07, 6.45) is 9.16. The molecule has 4 aliphatic rings. The highest BCUT2D eigenvalue weighted by atomic mass is 16.5. The van der Waals surface area contributed by atoms with Gasteiger partial charge in [0, 0.05) is 19.6 Å². The summed E-state index contributed by atoms with van der Waals surface area (Å²) in [4.78, 5) is 82.6. The monoisotopic (exact) mass is 728 g/mol. The van der Waals surface area contributed by atoms with Gasteiger partial charge >= 0.3 is 12.1 Å². The van der Waals surface area contributed by atoms with Gasteiger partial charge in [-0.2, -0.15) is 0 Å². The van der Waals surface area contributed by atoms with E-state index < -0.39 is 64.7 Å². The summed E-state index contributed by atoms with van der Waals surface area (Å²) in [5.41, 5.74) is -1.22. The summed E-state index contributed by atoms with van der Waals surface area (Å²) >= 11 is 0. The van der Waals surface area contributed by atoms with E-state index in [2.05, 4.69) is 47.0 Å². The molecule has 0 radical (unpaired) electrons. The zero-order chi connectivity index (χ0) is 38.4. The Morgan fingerprint density at radius 2 is 1.63 bits per heavy atom. The number of urea groups is 1. The van der Waals surface area contributed by atoms with Crippen molar-refractivity contribution in [2.75, 3.05) is 26.2 Å². The molecule has 13 heteroatoms. The Labute approximate surface area is 309 Å². The summed E-state index contributed by atoms with van der Waals surface area (Å²) in [6.45, 7) is 18.6. The molecule has 1 heterocycles. The number of carbonyl (C=O) groups excluding carboxylic acids is 6. The molecule has 6 amide bonds. The normalized spacial score (nSPS) is 24.6. The molecule has 0 aromatic rings. The van der Waals surface area contributed by atoms with Crippen LogP contribution in [0.1, 0.15) is 113 Å². The van der Waals surface area contributed by atoms with E-state index in [4.69, 9.17) is 4.74 Å². The molecule has 0 bridgehead atoms. The molecule has 4 fully saturated rings. The van der Waals surface area contributed by atoms with E-state index >= 15 is 0 Å². The van der Waals surface area contributed by atoms with Crippen LogP contribution in [0, 0.1) is 34.0 Å². The van der Waals surface area contributed by atoms with E-state index in [0.29, 0.717) is 31.8 Å². The smallest absolute Gasteiger partial charge is 0.407 e. The second-order valence-electron chi connectivity index (χ2n) is 17.6. The number of nitrogens with zero attached hydrogens (tertiary/aromatic N) is 1. The largest absolute Gasteiger partial charge is 0.447 e. The van der Waals surface area contributed by atoms with Crippen molar-refractivity contribution in [3.63, 3.8) is 0 Å². The number of ketones is 1. The number of ether oxygens (including phenoxy) is 1. The highest BCUT2D eigenvalue weighted by Gasteiger charge is 2.70. The molecule has 5 N–H and O–H groups in total. The Kier molecular flexibility index (Phi) is 13.4. The number of hydrogen-bond donors (Lipinski definition) is 5. The van der Waals surface area contributed by atoms with Crippen LogP contribution < -0.4 is 26.6 Å². The number of hydrogen-bond acceptors (Lipinski definition) is 7. The first-order valence-electron chi connectivity index (χ1n) is 19.5. The Morgan fingerprint density at radius 3 is 2.23 bits per heavy atom. The van der Waals surface area contributed by atoms with Gasteiger partial charge in [-0.25, -0.2) is 9.59 Å². The van der Waals surface area contributed by atoms with Gasteiger partial charge in [-0.15, -0.1) is 6.58 Å². The van der Waals surface area contributed by atoms with Gasteiger partial charge in [-0.05, 0) is 66.1 Å². The fourth-order valence-electron chi connectivity index (χ4n) is 8.10. The van der Waals surface area contributed by atoms with E-state index in [1.165, 1.54) is 6.08 Å². The molecule has 1 aliphatic heterocycles. The molecule has 6 atom stereocenters. The molecule has 0 aromatic carbocycles. The summed E-state index contributed by atoms with van der Waals surface area (Å²) in [6, 6.07) is -3.90. The molecule has 0 spiro atoms. The average Bonchev–Trinajstić information content (AvgIpc) is 3.96. The standard InChI is InChI=1S/C39H64N6O7/c1-9-11-15-26(30(46)33(48)40-20-10-2)42-32(47)29-28-25(38(28,6)7)22-45(29)34(49)31(39(8)18-13-12-14-19-39)44-35(50)43-27(37(3,4)5)23-52-36(51)41-21-24-16-17-24/h10,24-29,31H,2,9,11-23H2,1,3-8H3,(H,40,48)(H,41,51)(H,42,47)(H2,43,44,50)/t25?,26?,27-,28?,29+,31-/m1/s1. The zero-order valence-electron chi connectivity index (χ0n) is 32.5. The summed E-state index contributed by atoms with van der Waals surface area (Å²) in [5.74, 6) is -1.85. The number of likely N-dealkylation sites (tertiary alicyclic amines) is 1. The van der Waals surface area contributed by atoms with Crippen molar-refractivity contribution in [3.8, 4) is 0 Å². The average molecular weight is 729 g/mol. The topological polar surface area (TPSA) is 175 Å². The second kappa shape index (κ2) is 17.0. The van der Waals surface area contributed by atoms with Gasteiger partial charge < -0.3 is 36.2 Å². The van der Waals surface area contributed by atoms with Crippen LogP contribution in [0.5, 0.6) is 0 Å².